The van der Waals surface area contributed by atoms with Gasteiger partial charge >= 0.3 is 0 Å². The van der Waals surface area contributed by atoms with Crippen LogP contribution in [0.1, 0.15) is 28.9 Å². The summed E-state index contributed by atoms with van der Waals surface area (Å²) in [5.74, 6) is -0.0450. The fourth-order valence-corrected chi connectivity index (χ4v) is 2.07. The van der Waals surface area contributed by atoms with E-state index in [1.807, 2.05) is 13.0 Å². The maximum Gasteiger partial charge on any atom is 0.206 e. The minimum atomic E-state index is -0.0450. The van der Waals surface area contributed by atoms with Gasteiger partial charge in [-0.15, -0.1) is 0 Å². The molecule has 0 radical (unpaired) electrons. The van der Waals surface area contributed by atoms with Crippen molar-refractivity contribution < 1.29 is 9.53 Å². The van der Waals surface area contributed by atoms with Gasteiger partial charge in [0.25, 0.3) is 0 Å². The van der Waals surface area contributed by atoms with Crippen LogP contribution in [0.25, 0.3) is 0 Å². The van der Waals surface area contributed by atoms with Crippen molar-refractivity contribution in [2.75, 3.05) is 32.8 Å². The van der Waals surface area contributed by atoms with Crippen LogP contribution in [-0.2, 0) is 4.74 Å². The molecular weight excluding hydrogens is 228 g/mol. The number of carbonyl (C=O) groups is 1. The van der Waals surface area contributed by atoms with Crippen molar-refractivity contribution in [1.82, 2.24) is 9.88 Å². The number of rotatable bonds is 6. The van der Waals surface area contributed by atoms with Crippen LogP contribution < -0.4 is 0 Å². The van der Waals surface area contributed by atoms with Crippen molar-refractivity contribution in [2.24, 2.45) is 0 Å². The molecule has 0 aromatic carbocycles. The van der Waals surface area contributed by atoms with Crippen LogP contribution in [0.3, 0.4) is 0 Å². The number of aromatic nitrogens is 1. The standard InChI is InChI=1S/C14H20N2O2/c1-12-4-5-13(15-10-12)14(17)11-18-9-8-16-6-2-3-7-16/h4-5,10H,2-3,6-9,11H2,1H3. The number of aryl methyl sites for hydroxylation is 1. The summed E-state index contributed by atoms with van der Waals surface area (Å²) in [5.41, 5.74) is 1.54. The average molecular weight is 248 g/mol. The Bertz CT molecular complexity index is 383. The SMILES string of the molecule is Cc1ccc(C(=O)COCCN2CCCC2)nc1. The van der Waals surface area contributed by atoms with Gasteiger partial charge in [-0.1, -0.05) is 6.07 Å². The lowest BCUT2D eigenvalue weighted by atomic mass is 10.2. The van der Waals surface area contributed by atoms with E-state index in [-0.39, 0.29) is 12.4 Å². The number of nitrogens with zero attached hydrogens (tertiary/aromatic N) is 2. The summed E-state index contributed by atoms with van der Waals surface area (Å²) in [5, 5.41) is 0. The molecular formula is C14H20N2O2. The molecule has 1 aromatic heterocycles. The van der Waals surface area contributed by atoms with Crippen LogP contribution in [-0.4, -0.2) is 48.5 Å². The predicted molar refractivity (Wildman–Crippen MR) is 69.8 cm³/mol. The van der Waals surface area contributed by atoms with E-state index in [0.717, 1.165) is 25.2 Å². The van der Waals surface area contributed by atoms with Gasteiger partial charge in [-0.2, -0.15) is 0 Å². The summed E-state index contributed by atoms with van der Waals surface area (Å²) in [4.78, 5) is 18.2. The zero-order valence-corrected chi connectivity index (χ0v) is 10.9. The van der Waals surface area contributed by atoms with Crippen LogP contribution >= 0.6 is 0 Å². The van der Waals surface area contributed by atoms with Crippen LogP contribution in [0.4, 0.5) is 0 Å². The molecule has 1 aliphatic heterocycles. The van der Waals surface area contributed by atoms with Gasteiger partial charge in [0.1, 0.15) is 12.3 Å². The lowest BCUT2D eigenvalue weighted by Crippen LogP contribution is -2.25. The molecule has 18 heavy (non-hydrogen) atoms. The molecule has 1 aromatic rings. The normalized spacial score (nSPS) is 16.1. The Morgan fingerprint density at radius 2 is 2.17 bits per heavy atom. The van der Waals surface area contributed by atoms with Crippen LogP contribution in [0.5, 0.6) is 0 Å². The second kappa shape index (κ2) is 6.61. The highest BCUT2D eigenvalue weighted by Crippen LogP contribution is 2.06. The topological polar surface area (TPSA) is 42.4 Å². The quantitative estimate of drug-likeness (QED) is 0.567. The minimum Gasteiger partial charge on any atom is -0.372 e. The molecule has 2 rings (SSSR count). The second-order valence-electron chi connectivity index (χ2n) is 4.75. The van der Waals surface area contributed by atoms with E-state index in [9.17, 15) is 4.79 Å². The van der Waals surface area contributed by atoms with Crippen LogP contribution in [0.2, 0.25) is 0 Å². The Morgan fingerprint density at radius 3 is 2.83 bits per heavy atom. The number of ether oxygens (including phenoxy) is 1. The zero-order chi connectivity index (χ0) is 12.8. The summed E-state index contributed by atoms with van der Waals surface area (Å²) in [6.45, 7) is 5.96. The Hall–Kier alpha value is -1.26. The molecule has 98 valence electrons. The van der Waals surface area contributed by atoms with E-state index in [4.69, 9.17) is 4.74 Å². The van der Waals surface area contributed by atoms with Crippen molar-refractivity contribution in [3.63, 3.8) is 0 Å². The van der Waals surface area contributed by atoms with Gasteiger partial charge in [-0.3, -0.25) is 9.78 Å². The van der Waals surface area contributed by atoms with Gasteiger partial charge in [0.15, 0.2) is 0 Å². The first-order valence-corrected chi connectivity index (χ1v) is 6.51. The molecule has 0 aliphatic carbocycles. The number of ketones is 1. The summed E-state index contributed by atoms with van der Waals surface area (Å²) < 4.78 is 5.41. The van der Waals surface area contributed by atoms with E-state index < -0.39 is 0 Å². The smallest absolute Gasteiger partial charge is 0.206 e. The van der Waals surface area contributed by atoms with E-state index >= 15 is 0 Å². The number of hydrogen-bond acceptors (Lipinski definition) is 4. The molecule has 0 amide bonds. The summed E-state index contributed by atoms with van der Waals surface area (Å²) in [7, 11) is 0. The van der Waals surface area contributed by atoms with E-state index in [1.54, 1.807) is 12.3 Å². The summed E-state index contributed by atoms with van der Waals surface area (Å²) in [6, 6.07) is 3.64. The molecule has 0 saturated carbocycles. The number of likely N-dealkylation sites (tertiary alicyclic amines) is 1. The van der Waals surface area contributed by atoms with Crippen molar-refractivity contribution in [3.05, 3.63) is 29.6 Å². The Morgan fingerprint density at radius 1 is 1.39 bits per heavy atom. The van der Waals surface area contributed by atoms with Crippen LogP contribution in [0, 0.1) is 6.92 Å². The fraction of sp³-hybridized carbons (Fsp3) is 0.571. The lowest BCUT2D eigenvalue weighted by molar-refractivity contribution is 0.0712. The molecule has 0 spiro atoms. The largest absolute Gasteiger partial charge is 0.372 e. The third-order valence-corrected chi connectivity index (χ3v) is 3.18. The van der Waals surface area contributed by atoms with Gasteiger partial charge in [-0.25, -0.2) is 0 Å². The van der Waals surface area contributed by atoms with E-state index in [0.29, 0.717) is 12.3 Å². The molecule has 0 bridgehead atoms. The van der Waals surface area contributed by atoms with Gasteiger partial charge in [0.2, 0.25) is 5.78 Å². The maximum absolute atomic E-state index is 11.8. The van der Waals surface area contributed by atoms with Gasteiger partial charge in [-0.05, 0) is 44.5 Å². The van der Waals surface area contributed by atoms with Gasteiger partial charge in [0, 0.05) is 12.7 Å². The zero-order valence-electron chi connectivity index (χ0n) is 10.9. The van der Waals surface area contributed by atoms with Crippen molar-refractivity contribution >= 4 is 5.78 Å². The number of hydrogen-bond donors (Lipinski definition) is 0. The first-order chi connectivity index (χ1) is 8.75. The molecule has 1 fully saturated rings. The fourth-order valence-electron chi connectivity index (χ4n) is 2.07. The molecule has 0 atom stereocenters. The Balaban J connectivity index is 1.66. The van der Waals surface area contributed by atoms with Crippen molar-refractivity contribution in [1.29, 1.82) is 0 Å². The molecule has 2 heterocycles. The predicted octanol–water partition coefficient (Wildman–Crippen LogP) is 1.69. The lowest BCUT2D eigenvalue weighted by Gasteiger charge is -2.13. The third-order valence-electron chi connectivity index (χ3n) is 3.18. The Labute approximate surface area is 108 Å². The van der Waals surface area contributed by atoms with Gasteiger partial charge < -0.3 is 9.64 Å². The highest BCUT2D eigenvalue weighted by atomic mass is 16.5. The minimum absolute atomic E-state index is 0.0450. The first kappa shape index (κ1) is 13.2. The molecule has 4 nitrogen and oxygen atoms in total. The average Bonchev–Trinajstić information content (AvgIpc) is 2.88. The Kier molecular flexibility index (Phi) is 4.84. The van der Waals surface area contributed by atoms with Gasteiger partial charge in [0.05, 0.1) is 6.61 Å². The monoisotopic (exact) mass is 248 g/mol. The molecule has 1 saturated heterocycles. The van der Waals surface area contributed by atoms with Crippen LogP contribution in [0.15, 0.2) is 18.3 Å². The highest BCUT2D eigenvalue weighted by Gasteiger charge is 2.11. The van der Waals surface area contributed by atoms with E-state index in [1.165, 1.54) is 12.8 Å². The molecule has 0 unspecified atom stereocenters. The maximum atomic E-state index is 11.8. The molecule has 1 aliphatic rings. The summed E-state index contributed by atoms with van der Waals surface area (Å²) >= 11 is 0. The number of pyridine rings is 1. The third kappa shape index (κ3) is 3.89. The number of Topliss-reactive ketones (excluding diaryl/α,β-unsaturated/α-hetero) is 1. The number of carbonyl (C=O) groups excluding carboxylic acids is 1. The highest BCUT2D eigenvalue weighted by molar-refractivity contribution is 5.95. The van der Waals surface area contributed by atoms with E-state index in [2.05, 4.69) is 9.88 Å². The first-order valence-electron chi connectivity index (χ1n) is 6.51. The molecule has 0 N–H and O–H groups in total. The summed E-state index contributed by atoms with van der Waals surface area (Å²) in [6.07, 6.45) is 4.27. The molecule has 4 heteroatoms. The van der Waals surface area contributed by atoms with Crippen molar-refractivity contribution in [3.8, 4) is 0 Å². The second-order valence-corrected chi connectivity index (χ2v) is 4.75. The van der Waals surface area contributed by atoms with Crippen molar-refractivity contribution in [2.45, 2.75) is 19.8 Å².